The molecular weight excluding hydrogens is 274 g/mol. The minimum absolute atomic E-state index is 0.341. The first-order valence-electron chi connectivity index (χ1n) is 6.05. The number of amides is 1. The number of nitrogens with zero attached hydrogens (tertiary/aromatic N) is 1. The van der Waals surface area contributed by atoms with E-state index in [9.17, 15) is 18.0 Å². The fourth-order valence-electron chi connectivity index (χ4n) is 2.02. The number of hydrogen-bond acceptors (Lipinski definition) is 5. The first kappa shape index (κ1) is 15.9. The first-order chi connectivity index (χ1) is 8.75. The maximum atomic E-state index is 12.0. The van der Waals surface area contributed by atoms with Crippen molar-refractivity contribution in [1.29, 1.82) is 0 Å². The van der Waals surface area contributed by atoms with Gasteiger partial charge in [0.1, 0.15) is 5.75 Å². The lowest BCUT2D eigenvalue weighted by Crippen LogP contribution is -2.46. The zero-order chi connectivity index (χ0) is 14.6. The van der Waals surface area contributed by atoms with Crippen LogP contribution in [-0.2, 0) is 24.2 Å². The van der Waals surface area contributed by atoms with Gasteiger partial charge in [-0.15, -0.1) is 0 Å². The van der Waals surface area contributed by atoms with Gasteiger partial charge in [0.15, 0.2) is 15.1 Å². The summed E-state index contributed by atoms with van der Waals surface area (Å²) in [5, 5.41) is 7.43. The molecule has 0 bridgehead atoms. The molecule has 1 heterocycles. The molecule has 0 spiro atoms. The van der Waals surface area contributed by atoms with Gasteiger partial charge in [-0.3, -0.25) is 9.59 Å². The molecule has 1 unspecified atom stereocenters. The van der Waals surface area contributed by atoms with Crippen LogP contribution in [-0.4, -0.2) is 67.6 Å². The summed E-state index contributed by atoms with van der Waals surface area (Å²) in [4.78, 5) is 24.3. The quantitative estimate of drug-likeness (QED) is 0.724. The Morgan fingerprint density at radius 1 is 1.26 bits per heavy atom. The summed E-state index contributed by atoms with van der Waals surface area (Å²) in [6.45, 7) is 4.45. The van der Waals surface area contributed by atoms with Crippen LogP contribution in [0.25, 0.3) is 0 Å². The van der Waals surface area contributed by atoms with Crippen molar-refractivity contribution in [3.63, 3.8) is 0 Å². The lowest BCUT2D eigenvalue weighted by Gasteiger charge is -2.27. The molecule has 1 rings (SSSR count). The van der Waals surface area contributed by atoms with Crippen LogP contribution in [0.2, 0.25) is 0 Å². The molecule has 1 atom stereocenters. The molecule has 1 N–H and O–H groups in total. The van der Waals surface area contributed by atoms with Crippen LogP contribution >= 0.6 is 0 Å². The van der Waals surface area contributed by atoms with Crippen LogP contribution in [0.5, 0.6) is 0 Å². The zero-order valence-corrected chi connectivity index (χ0v) is 11.9. The lowest BCUT2D eigenvalue weighted by molar-refractivity contribution is -0.137. The molecule has 0 aliphatic carbocycles. The van der Waals surface area contributed by atoms with Crippen molar-refractivity contribution in [3.8, 4) is 0 Å². The Balaban J connectivity index is 2.77. The van der Waals surface area contributed by atoms with Crippen LogP contribution in [0.4, 0.5) is 0 Å². The van der Waals surface area contributed by atoms with E-state index >= 15 is 0 Å². The van der Waals surface area contributed by atoms with Crippen molar-refractivity contribution in [2.45, 2.75) is 19.1 Å². The summed E-state index contributed by atoms with van der Waals surface area (Å²) >= 11 is 0. The normalized spacial score (nSPS) is 18.4. The molecule has 19 heavy (non-hydrogen) atoms. The molecule has 0 aromatic carbocycles. The van der Waals surface area contributed by atoms with Gasteiger partial charge in [0.05, 0.1) is 13.2 Å². The van der Waals surface area contributed by atoms with Gasteiger partial charge < -0.3 is 14.7 Å². The summed E-state index contributed by atoms with van der Waals surface area (Å²) < 4.78 is 29.1. The number of carbonyl (C=O) groups excluding carboxylic acids is 1. The predicted octanol–water partition coefficient (Wildman–Crippen LogP) is -0.631. The third-order valence-electron chi connectivity index (χ3n) is 2.92. The fraction of sp³-hybridized carbons (Fsp3) is 0.818. The van der Waals surface area contributed by atoms with Crippen molar-refractivity contribution in [2.24, 2.45) is 5.92 Å². The minimum Gasteiger partial charge on any atom is -0.480 e. The number of hydrogen-bond donors (Lipinski definition) is 1. The maximum absolute atomic E-state index is 12.0. The summed E-state index contributed by atoms with van der Waals surface area (Å²) in [5.41, 5.74) is 0. The first-order valence-corrected chi connectivity index (χ1v) is 7.77. The average Bonchev–Trinajstić information content (AvgIpc) is 2.27. The Morgan fingerprint density at radius 2 is 1.79 bits per heavy atom. The van der Waals surface area contributed by atoms with E-state index in [1.807, 2.05) is 0 Å². The number of rotatable bonds is 5. The Bertz CT molecular complexity index is 438. The third-order valence-corrected chi connectivity index (χ3v) is 5.09. The molecule has 0 radical (unpaired) electrons. The van der Waals surface area contributed by atoms with Crippen LogP contribution in [0.1, 0.15) is 13.8 Å². The minimum atomic E-state index is -4.00. The monoisotopic (exact) mass is 293 g/mol. The highest BCUT2D eigenvalue weighted by atomic mass is 32.2. The highest BCUT2D eigenvalue weighted by Gasteiger charge is 2.37. The molecule has 0 saturated carbocycles. The van der Waals surface area contributed by atoms with Crippen LogP contribution in [0.3, 0.4) is 0 Å². The summed E-state index contributed by atoms with van der Waals surface area (Å²) in [7, 11) is -4.00. The molecule has 1 fully saturated rings. The molecule has 1 aliphatic rings. The van der Waals surface area contributed by atoms with E-state index in [4.69, 9.17) is 9.84 Å². The number of carboxylic acid groups (broad SMARTS) is 1. The van der Waals surface area contributed by atoms with Crippen molar-refractivity contribution in [2.75, 3.05) is 32.1 Å². The summed E-state index contributed by atoms with van der Waals surface area (Å²) in [6, 6.07) is 0. The Kier molecular flexibility index (Phi) is 5.30. The van der Waals surface area contributed by atoms with E-state index in [0.29, 0.717) is 26.3 Å². The van der Waals surface area contributed by atoms with E-state index < -0.39 is 38.6 Å². The van der Waals surface area contributed by atoms with Gasteiger partial charge in [-0.05, 0) is 5.92 Å². The SMILES string of the molecule is CC(C)C(C(=O)O)S(=O)(=O)CC(=O)N1CCOCC1. The van der Waals surface area contributed by atoms with Gasteiger partial charge in [0.25, 0.3) is 0 Å². The Morgan fingerprint density at radius 3 is 2.21 bits per heavy atom. The maximum Gasteiger partial charge on any atom is 0.322 e. The van der Waals surface area contributed by atoms with Crippen LogP contribution in [0, 0.1) is 5.92 Å². The topological polar surface area (TPSA) is 101 Å². The van der Waals surface area contributed by atoms with Gasteiger partial charge in [0.2, 0.25) is 5.91 Å². The number of carbonyl (C=O) groups is 2. The van der Waals surface area contributed by atoms with Gasteiger partial charge in [-0.2, -0.15) is 0 Å². The van der Waals surface area contributed by atoms with Gasteiger partial charge >= 0.3 is 5.97 Å². The van der Waals surface area contributed by atoms with Crippen molar-refractivity contribution in [1.82, 2.24) is 4.90 Å². The summed E-state index contributed by atoms with van der Waals surface area (Å²) in [5.74, 6) is -3.32. The second-order valence-corrected chi connectivity index (χ2v) is 6.93. The van der Waals surface area contributed by atoms with E-state index in [1.165, 1.54) is 18.7 Å². The second kappa shape index (κ2) is 6.33. The largest absolute Gasteiger partial charge is 0.480 e. The molecule has 0 aromatic rings. The van der Waals surface area contributed by atoms with E-state index in [1.54, 1.807) is 0 Å². The summed E-state index contributed by atoms with van der Waals surface area (Å²) in [6.07, 6.45) is 0. The van der Waals surface area contributed by atoms with Crippen LogP contribution in [0.15, 0.2) is 0 Å². The molecule has 1 saturated heterocycles. The standard InChI is InChI=1S/C11H19NO6S/c1-8(2)10(11(14)15)19(16,17)7-9(13)12-3-5-18-6-4-12/h8,10H,3-7H2,1-2H3,(H,14,15). The fourth-order valence-corrected chi connectivity index (χ4v) is 3.86. The predicted molar refractivity (Wildman–Crippen MR) is 67.4 cm³/mol. The van der Waals surface area contributed by atoms with Crippen molar-refractivity contribution in [3.05, 3.63) is 0 Å². The number of carboxylic acids is 1. The van der Waals surface area contributed by atoms with Crippen molar-refractivity contribution >= 4 is 21.7 Å². The van der Waals surface area contributed by atoms with E-state index in [2.05, 4.69) is 0 Å². The molecule has 0 aromatic heterocycles. The van der Waals surface area contributed by atoms with Crippen molar-refractivity contribution < 1.29 is 27.9 Å². The zero-order valence-electron chi connectivity index (χ0n) is 11.0. The second-order valence-electron chi connectivity index (χ2n) is 4.80. The number of aliphatic carboxylic acids is 1. The average molecular weight is 293 g/mol. The molecule has 1 aliphatic heterocycles. The van der Waals surface area contributed by atoms with E-state index in [-0.39, 0.29) is 0 Å². The van der Waals surface area contributed by atoms with E-state index in [0.717, 1.165) is 0 Å². The highest BCUT2D eigenvalue weighted by Crippen LogP contribution is 2.15. The van der Waals surface area contributed by atoms with Crippen LogP contribution < -0.4 is 0 Å². The highest BCUT2D eigenvalue weighted by molar-refractivity contribution is 7.93. The van der Waals surface area contributed by atoms with Gasteiger partial charge in [-0.25, -0.2) is 8.42 Å². The van der Waals surface area contributed by atoms with Gasteiger partial charge in [-0.1, -0.05) is 13.8 Å². The molecular formula is C11H19NO6S. The smallest absolute Gasteiger partial charge is 0.322 e. The number of ether oxygens (including phenoxy) is 1. The molecule has 1 amide bonds. The number of morpholine rings is 1. The molecule has 110 valence electrons. The molecule has 8 heteroatoms. The Labute approximate surface area is 112 Å². The number of sulfone groups is 1. The lowest BCUT2D eigenvalue weighted by atomic mass is 10.1. The Hall–Kier alpha value is -1.15. The molecule has 7 nitrogen and oxygen atoms in total. The third kappa shape index (κ3) is 4.17. The van der Waals surface area contributed by atoms with Gasteiger partial charge in [0, 0.05) is 13.1 Å².